The number of piperazine rings is 1. The summed E-state index contributed by atoms with van der Waals surface area (Å²) in [7, 11) is 0. The molecule has 1 atom stereocenters. The van der Waals surface area contributed by atoms with E-state index in [0.717, 1.165) is 11.8 Å². The van der Waals surface area contributed by atoms with Gasteiger partial charge in [0.2, 0.25) is 0 Å². The van der Waals surface area contributed by atoms with Crippen LogP contribution in [0.5, 0.6) is 0 Å². The van der Waals surface area contributed by atoms with Crippen molar-refractivity contribution >= 4 is 17.3 Å². The SMILES string of the molecule is CC(O)(CN1CCN(c2ccc(C#N)cc2)CC1)C(=O)Nc1ccc(C#N)c(C(F)(F)F)c1. The maximum atomic E-state index is 13.1. The fourth-order valence-corrected chi connectivity index (χ4v) is 3.64. The summed E-state index contributed by atoms with van der Waals surface area (Å²) in [6.45, 7) is 3.74. The number of nitrogens with zero attached hydrogens (tertiary/aromatic N) is 4. The van der Waals surface area contributed by atoms with Crippen molar-refractivity contribution in [3.8, 4) is 12.1 Å². The first-order valence-electron chi connectivity index (χ1n) is 10.2. The molecule has 33 heavy (non-hydrogen) atoms. The van der Waals surface area contributed by atoms with Gasteiger partial charge in [-0.15, -0.1) is 0 Å². The van der Waals surface area contributed by atoms with E-state index in [1.165, 1.54) is 19.1 Å². The second-order valence-electron chi connectivity index (χ2n) is 8.02. The molecule has 2 aromatic rings. The molecule has 0 spiro atoms. The Balaban J connectivity index is 1.60. The van der Waals surface area contributed by atoms with E-state index in [-0.39, 0.29) is 12.2 Å². The van der Waals surface area contributed by atoms with E-state index < -0.39 is 28.8 Å². The van der Waals surface area contributed by atoms with Crippen molar-refractivity contribution in [3.05, 3.63) is 59.2 Å². The molecule has 0 aromatic heterocycles. The average Bonchev–Trinajstić information content (AvgIpc) is 2.79. The first kappa shape index (κ1) is 24.1. The number of carbonyl (C=O) groups is 1. The lowest BCUT2D eigenvalue weighted by Crippen LogP contribution is -2.54. The van der Waals surface area contributed by atoms with Crippen LogP contribution in [-0.2, 0) is 11.0 Å². The second kappa shape index (κ2) is 9.49. The molecule has 2 aromatic carbocycles. The highest BCUT2D eigenvalue weighted by atomic mass is 19.4. The van der Waals surface area contributed by atoms with E-state index in [9.17, 15) is 23.1 Å². The molecule has 0 aliphatic carbocycles. The van der Waals surface area contributed by atoms with Crippen LogP contribution < -0.4 is 10.2 Å². The summed E-state index contributed by atoms with van der Waals surface area (Å²) in [6, 6.07) is 13.6. The number of hydrogen-bond acceptors (Lipinski definition) is 6. The van der Waals surface area contributed by atoms with E-state index >= 15 is 0 Å². The number of hydrogen-bond donors (Lipinski definition) is 2. The van der Waals surface area contributed by atoms with Crippen LogP contribution >= 0.6 is 0 Å². The van der Waals surface area contributed by atoms with Crippen molar-refractivity contribution < 1.29 is 23.1 Å². The van der Waals surface area contributed by atoms with Gasteiger partial charge in [-0.3, -0.25) is 9.69 Å². The number of alkyl halides is 3. The quantitative estimate of drug-likeness (QED) is 0.716. The van der Waals surface area contributed by atoms with Gasteiger partial charge in [0, 0.05) is 44.1 Å². The van der Waals surface area contributed by atoms with Gasteiger partial charge in [0.05, 0.1) is 28.8 Å². The Morgan fingerprint density at radius 3 is 2.24 bits per heavy atom. The zero-order chi connectivity index (χ0) is 24.2. The number of halogens is 3. The largest absolute Gasteiger partial charge is 0.417 e. The maximum Gasteiger partial charge on any atom is 0.417 e. The molecule has 0 bridgehead atoms. The molecule has 10 heteroatoms. The van der Waals surface area contributed by atoms with Crippen molar-refractivity contribution in [3.63, 3.8) is 0 Å². The number of β-amino-alcohol motifs (C(OH)–C–C–N with tert-alkyl or cyclic N) is 1. The van der Waals surface area contributed by atoms with Crippen molar-refractivity contribution in [1.29, 1.82) is 10.5 Å². The van der Waals surface area contributed by atoms with E-state index in [4.69, 9.17) is 10.5 Å². The molecule has 172 valence electrons. The van der Waals surface area contributed by atoms with E-state index in [1.807, 2.05) is 17.0 Å². The number of benzene rings is 2. The van der Waals surface area contributed by atoms with Crippen molar-refractivity contribution in [2.24, 2.45) is 0 Å². The lowest BCUT2D eigenvalue weighted by Gasteiger charge is -2.38. The van der Waals surface area contributed by atoms with Crippen LogP contribution in [0.2, 0.25) is 0 Å². The smallest absolute Gasteiger partial charge is 0.379 e. The molecular weight excluding hydrogens is 435 g/mol. The monoisotopic (exact) mass is 457 g/mol. The predicted molar refractivity (Wildman–Crippen MR) is 115 cm³/mol. The standard InChI is InChI=1S/C23H22F3N5O2/c1-22(33,21(32)29-18-5-4-17(14-28)20(12-18)23(24,25)26)15-30-8-10-31(11-9-30)19-6-2-16(13-27)3-7-19/h2-7,12,33H,8-11,15H2,1H3,(H,29,32). The molecular formula is C23H22F3N5O2. The lowest BCUT2D eigenvalue weighted by atomic mass is 10.0. The first-order valence-corrected chi connectivity index (χ1v) is 10.2. The number of rotatable bonds is 5. The number of amides is 1. The summed E-state index contributed by atoms with van der Waals surface area (Å²) in [5.74, 6) is -0.838. The Labute approximate surface area is 189 Å². The van der Waals surface area contributed by atoms with Gasteiger partial charge in [-0.2, -0.15) is 23.7 Å². The van der Waals surface area contributed by atoms with Gasteiger partial charge in [-0.1, -0.05) is 0 Å². The third kappa shape index (κ3) is 5.80. The van der Waals surface area contributed by atoms with E-state index in [2.05, 4.69) is 16.3 Å². The molecule has 1 saturated heterocycles. The number of nitriles is 2. The zero-order valence-corrected chi connectivity index (χ0v) is 17.9. The molecule has 0 radical (unpaired) electrons. The highest BCUT2D eigenvalue weighted by molar-refractivity contribution is 5.97. The Hall–Kier alpha value is -3.60. The number of nitrogens with one attached hydrogen (secondary N) is 1. The maximum absolute atomic E-state index is 13.1. The highest BCUT2D eigenvalue weighted by Crippen LogP contribution is 2.33. The number of aliphatic hydroxyl groups is 1. The van der Waals surface area contributed by atoms with Gasteiger partial charge in [0.15, 0.2) is 5.60 Å². The Kier molecular flexibility index (Phi) is 6.92. The van der Waals surface area contributed by atoms with E-state index in [0.29, 0.717) is 37.8 Å². The summed E-state index contributed by atoms with van der Waals surface area (Å²) < 4.78 is 39.4. The van der Waals surface area contributed by atoms with Gasteiger partial charge < -0.3 is 15.3 Å². The molecule has 0 saturated carbocycles. The average molecular weight is 457 g/mol. The molecule has 1 fully saturated rings. The highest BCUT2D eigenvalue weighted by Gasteiger charge is 2.36. The molecule has 1 aliphatic rings. The molecule has 1 unspecified atom stereocenters. The molecule has 1 aliphatic heterocycles. The van der Waals surface area contributed by atoms with E-state index in [1.54, 1.807) is 12.1 Å². The summed E-state index contributed by atoms with van der Waals surface area (Å²) in [6.07, 6.45) is -4.75. The van der Waals surface area contributed by atoms with Gasteiger partial charge in [-0.25, -0.2) is 0 Å². The summed E-state index contributed by atoms with van der Waals surface area (Å²) >= 11 is 0. The normalized spacial score (nSPS) is 16.4. The number of carbonyl (C=O) groups excluding carboxylic acids is 1. The fraction of sp³-hybridized carbons (Fsp3) is 0.348. The Morgan fingerprint density at radius 1 is 1.06 bits per heavy atom. The number of anilines is 2. The molecule has 1 heterocycles. The van der Waals surface area contributed by atoms with Crippen molar-refractivity contribution in [1.82, 2.24) is 4.90 Å². The van der Waals surface area contributed by atoms with Crippen LogP contribution in [0, 0.1) is 22.7 Å². The summed E-state index contributed by atoms with van der Waals surface area (Å²) in [4.78, 5) is 16.6. The lowest BCUT2D eigenvalue weighted by molar-refractivity contribution is -0.138. The summed E-state index contributed by atoms with van der Waals surface area (Å²) in [5.41, 5.74) is -2.15. The van der Waals surface area contributed by atoms with Gasteiger partial charge in [-0.05, 0) is 49.4 Å². The van der Waals surface area contributed by atoms with Gasteiger partial charge in [0.25, 0.3) is 5.91 Å². The van der Waals surface area contributed by atoms with Crippen LogP contribution in [0.25, 0.3) is 0 Å². The molecule has 3 rings (SSSR count). The third-order valence-corrected chi connectivity index (χ3v) is 5.46. The molecule has 1 amide bonds. The predicted octanol–water partition coefficient (Wildman–Crippen LogP) is 2.96. The summed E-state index contributed by atoms with van der Waals surface area (Å²) in [5, 5.41) is 30.8. The first-order chi connectivity index (χ1) is 15.5. The van der Waals surface area contributed by atoms with Crippen molar-refractivity contribution in [2.75, 3.05) is 42.9 Å². The van der Waals surface area contributed by atoms with Crippen molar-refractivity contribution in [2.45, 2.75) is 18.7 Å². The minimum Gasteiger partial charge on any atom is -0.379 e. The van der Waals surface area contributed by atoms with Crippen LogP contribution in [0.15, 0.2) is 42.5 Å². The van der Waals surface area contributed by atoms with Gasteiger partial charge in [0.1, 0.15) is 0 Å². The van der Waals surface area contributed by atoms with Gasteiger partial charge >= 0.3 is 6.18 Å². The Bertz CT molecular complexity index is 1090. The molecule has 2 N–H and O–H groups in total. The van der Waals surface area contributed by atoms with Crippen LogP contribution in [0.4, 0.5) is 24.5 Å². The third-order valence-electron chi connectivity index (χ3n) is 5.46. The molecule has 7 nitrogen and oxygen atoms in total. The van der Waals surface area contributed by atoms with Crippen LogP contribution in [0.3, 0.4) is 0 Å². The van der Waals surface area contributed by atoms with Crippen LogP contribution in [0.1, 0.15) is 23.6 Å². The fourth-order valence-electron chi connectivity index (χ4n) is 3.64. The second-order valence-corrected chi connectivity index (χ2v) is 8.02. The Morgan fingerprint density at radius 2 is 1.70 bits per heavy atom. The topological polar surface area (TPSA) is 103 Å². The van der Waals surface area contributed by atoms with Crippen LogP contribution in [-0.4, -0.2) is 54.2 Å². The zero-order valence-electron chi connectivity index (χ0n) is 17.9. The minimum atomic E-state index is -4.75. The minimum absolute atomic E-state index is 0.00243.